The van der Waals surface area contributed by atoms with Crippen LogP contribution in [0, 0.1) is 6.39 Å². The summed E-state index contributed by atoms with van der Waals surface area (Å²) in [5.41, 5.74) is 0. The molecule has 0 spiro atoms. The van der Waals surface area contributed by atoms with Crippen LogP contribution in [0.25, 0.3) is 0 Å². The molecule has 5 heteroatoms. The van der Waals surface area contributed by atoms with Crippen LogP contribution in [0.4, 0.5) is 0 Å². The van der Waals surface area contributed by atoms with E-state index in [-0.39, 0.29) is 5.95 Å². The Morgan fingerprint density at radius 1 is 1.19 bits per heavy atom. The fourth-order valence-electron chi connectivity index (χ4n) is 1.22. The van der Waals surface area contributed by atoms with Crippen molar-refractivity contribution < 1.29 is 18.6 Å². The lowest BCUT2D eigenvalue weighted by Crippen LogP contribution is -1.91. The minimum absolute atomic E-state index is 0.271. The number of hydrogen-bond donors (Lipinski definition) is 0. The average molecular weight is 220 g/mol. The second-order valence-corrected chi connectivity index (χ2v) is 2.89. The van der Waals surface area contributed by atoms with Gasteiger partial charge in [-0.2, -0.15) is 0 Å². The Balaban J connectivity index is 2.22. The summed E-state index contributed by atoms with van der Waals surface area (Å²) >= 11 is 0. The van der Waals surface area contributed by atoms with E-state index in [2.05, 4.69) is 11.4 Å². The molecule has 0 saturated heterocycles. The Kier molecular flexibility index (Phi) is 2.95. The molecule has 1 aromatic carbocycles. The molecule has 16 heavy (non-hydrogen) atoms. The van der Waals surface area contributed by atoms with Crippen molar-refractivity contribution in [2.75, 3.05) is 14.2 Å². The topological polar surface area (TPSA) is 53.7 Å². The first-order valence-electron chi connectivity index (χ1n) is 4.55. The molecule has 0 aliphatic heterocycles. The second-order valence-electron chi connectivity index (χ2n) is 2.89. The van der Waals surface area contributed by atoms with Gasteiger partial charge in [0.2, 0.25) is 0 Å². The highest BCUT2D eigenvalue weighted by Crippen LogP contribution is 2.32. The summed E-state index contributed by atoms with van der Waals surface area (Å²) in [4.78, 5) is 3.62. The van der Waals surface area contributed by atoms with Crippen LogP contribution in [0.5, 0.6) is 23.2 Å². The molecule has 5 nitrogen and oxygen atoms in total. The van der Waals surface area contributed by atoms with E-state index >= 15 is 0 Å². The zero-order valence-corrected chi connectivity index (χ0v) is 8.89. The Morgan fingerprint density at radius 2 is 2.00 bits per heavy atom. The van der Waals surface area contributed by atoms with Gasteiger partial charge in [0.25, 0.3) is 6.39 Å². The van der Waals surface area contributed by atoms with Gasteiger partial charge in [0.1, 0.15) is 11.9 Å². The molecule has 1 aromatic heterocycles. The Bertz CT molecular complexity index is 453. The molecule has 1 heterocycles. The van der Waals surface area contributed by atoms with Crippen molar-refractivity contribution in [3.05, 3.63) is 30.8 Å². The first kappa shape index (κ1) is 10.4. The predicted octanol–water partition coefficient (Wildman–Crippen LogP) is 2.28. The summed E-state index contributed by atoms with van der Waals surface area (Å²) in [7, 11) is 3.13. The van der Waals surface area contributed by atoms with Gasteiger partial charge in [0, 0.05) is 6.07 Å². The van der Waals surface area contributed by atoms with Crippen LogP contribution in [-0.4, -0.2) is 19.2 Å². The van der Waals surface area contributed by atoms with Gasteiger partial charge in [-0.05, 0) is 12.1 Å². The number of methoxy groups -OCH3 is 2. The van der Waals surface area contributed by atoms with Gasteiger partial charge in [-0.1, -0.05) is 0 Å². The highest BCUT2D eigenvalue weighted by atomic mass is 16.6. The van der Waals surface area contributed by atoms with Gasteiger partial charge < -0.3 is 18.6 Å². The number of benzene rings is 1. The average Bonchev–Trinajstić information content (AvgIpc) is 2.81. The number of aromatic nitrogens is 1. The Morgan fingerprint density at radius 3 is 2.62 bits per heavy atom. The summed E-state index contributed by atoms with van der Waals surface area (Å²) < 4.78 is 20.4. The SMILES string of the molecule is COc1ccc(Oc2cn[c]o2)cc1OC. The van der Waals surface area contributed by atoms with E-state index in [4.69, 9.17) is 18.6 Å². The number of rotatable bonds is 4. The highest BCUT2D eigenvalue weighted by Gasteiger charge is 2.07. The summed E-state index contributed by atoms with van der Waals surface area (Å²) in [5, 5.41) is 0. The third-order valence-corrected chi connectivity index (χ3v) is 1.94. The first-order valence-corrected chi connectivity index (χ1v) is 4.55. The van der Waals surface area contributed by atoms with E-state index in [0.717, 1.165) is 0 Å². The standard InChI is InChI=1S/C11H10NO4/c1-13-9-4-3-8(5-10(9)14-2)16-11-6-12-7-15-11/h3-6H,1-2H3. The molecule has 0 fully saturated rings. The van der Waals surface area contributed by atoms with Crippen molar-refractivity contribution in [3.63, 3.8) is 0 Å². The molecule has 1 radical (unpaired) electrons. The largest absolute Gasteiger partial charge is 0.493 e. The van der Waals surface area contributed by atoms with Gasteiger partial charge in [-0.25, -0.2) is 4.98 Å². The third-order valence-electron chi connectivity index (χ3n) is 1.94. The number of oxazole rings is 1. The molecule has 0 amide bonds. The number of nitrogens with zero attached hydrogens (tertiary/aromatic N) is 1. The molecule has 0 N–H and O–H groups in total. The smallest absolute Gasteiger partial charge is 0.311 e. The van der Waals surface area contributed by atoms with E-state index in [1.165, 1.54) is 6.20 Å². The molecule has 83 valence electrons. The molecular formula is C11H10NO4. The fourth-order valence-corrected chi connectivity index (χ4v) is 1.22. The lowest BCUT2D eigenvalue weighted by Gasteiger charge is -2.08. The maximum atomic E-state index is 5.36. The van der Waals surface area contributed by atoms with Crippen LogP contribution < -0.4 is 14.2 Å². The Labute approximate surface area is 92.6 Å². The maximum Gasteiger partial charge on any atom is 0.311 e. The first-order chi connectivity index (χ1) is 7.83. The molecule has 0 aliphatic carbocycles. The van der Waals surface area contributed by atoms with Crippen molar-refractivity contribution in [1.29, 1.82) is 0 Å². The van der Waals surface area contributed by atoms with Gasteiger partial charge >= 0.3 is 5.95 Å². The van der Waals surface area contributed by atoms with E-state index in [9.17, 15) is 0 Å². The molecule has 0 aliphatic rings. The monoisotopic (exact) mass is 220 g/mol. The zero-order chi connectivity index (χ0) is 11.4. The fraction of sp³-hybridized carbons (Fsp3) is 0.182. The van der Waals surface area contributed by atoms with Crippen LogP contribution in [-0.2, 0) is 0 Å². The van der Waals surface area contributed by atoms with E-state index in [0.29, 0.717) is 17.2 Å². The molecule has 0 saturated carbocycles. The molecule has 0 bridgehead atoms. The second kappa shape index (κ2) is 4.57. The van der Waals surface area contributed by atoms with Crippen LogP contribution >= 0.6 is 0 Å². The summed E-state index contributed by atoms with van der Waals surface area (Å²) in [6.07, 6.45) is 3.72. The minimum Gasteiger partial charge on any atom is -0.493 e. The quantitative estimate of drug-likeness (QED) is 0.791. The van der Waals surface area contributed by atoms with Crippen molar-refractivity contribution in [2.45, 2.75) is 0 Å². The van der Waals surface area contributed by atoms with Crippen LogP contribution in [0.2, 0.25) is 0 Å². The summed E-state index contributed by atoms with van der Waals surface area (Å²) in [6, 6.07) is 5.18. The predicted molar refractivity (Wildman–Crippen MR) is 55.0 cm³/mol. The lowest BCUT2D eigenvalue weighted by atomic mass is 10.3. The number of ether oxygens (including phenoxy) is 3. The Hall–Kier alpha value is -2.17. The lowest BCUT2D eigenvalue weighted by molar-refractivity contribution is 0.332. The van der Waals surface area contributed by atoms with Gasteiger partial charge in [0.05, 0.1) is 14.2 Å². The normalized spacial score (nSPS) is 9.88. The third kappa shape index (κ3) is 2.08. The van der Waals surface area contributed by atoms with E-state index < -0.39 is 0 Å². The molecule has 2 aromatic rings. The van der Waals surface area contributed by atoms with Crippen molar-refractivity contribution >= 4 is 0 Å². The van der Waals surface area contributed by atoms with Crippen molar-refractivity contribution in [1.82, 2.24) is 4.98 Å². The maximum absolute atomic E-state index is 5.36. The number of hydrogen-bond acceptors (Lipinski definition) is 5. The van der Waals surface area contributed by atoms with Crippen LogP contribution in [0.1, 0.15) is 0 Å². The van der Waals surface area contributed by atoms with Gasteiger partial charge in [-0.15, -0.1) is 0 Å². The molecular weight excluding hydrogens is 210 g/mol. The highest BCUT2D eigenvalue weighted by molar-refractivity contribution is 5.46. The van der Waals surface area contributed by atoms with Crippen LogP contribution in [0.3, 0.4) is 0 Å². The van der Waals surface area contributed by atoms with Crippen molar-refractivity contribution in [3.8, 4) is 23.2 Å². The van der Waals surface area contributed by atoms with E-state index in [1.54, 1.807) is 32.4 Å². The zero-order valence-electron chi connectivity index (χ0n) is 8.89. The molecule has 0 unspecified atom stereocenters. The summed E-state index contributed by atoms with van der Waals surface area (Å²) in [6.45, 7) is 0. The summed E-state index contributed by atoms with van der Waals surface area (Å²) in [5.74, 6) is 2.07. The van der Waals surface area contributed by atoms with Gasteiger partial charge in [-0.3, -0.25) is 0 Å². The van der Waals surface area contributed by atoms with Gasteiger partial charge in [0.15, 0.2) is 11.5 Å². The van der Waals surface area contributed by atoms with Crippen molar-refractivity contribution in [2.24, 2.45) is 0 Å². The molecule has 2 rings (SSSR count). The molecule has 0 atom stereocenters. The van der Waals surface area contributed by atoms with Crippen LogP contribution in [0.15, 0.2) is 28.8 Å². The minimum atomic E-state index is 0.271. The van der Waals surface area contributed by atoms with E-state index in [1.807, 2.05) is 0 Å².